The topological polar surface area (TPSA) is 27.3 Å². The second-order valence-electron chi connectivity index (χ2n) is 11.6. The van der Waals surface area contributed by atoms with Crippen LogP contribution in [0.1, 0.15) is 41.4 Å². The second kappa shape index (κ2) is 10.9. The van der Waals surface area contributed by atoms with E-state index in [2.05, 4.69) is 133 Å². The molecule has 5 aromatic carbocycles. The number of nitrogens with zero attached hydrogens (tertiary/aromatic N) is 1. The molecule has 218 valence electrons. The van der Waals surface area contributed by atoms with E-state index in [1.54, 1.807) is 7.11 Å². The summed E-state index contributed by atoms with van der Waals surface area (Å²) >= 11 is 0. The van der Waals surface area contributed by atoms with Gasteiger partial charge in [-0.1, -0.05) is 85.5 Å². The number of para-hydroxylation sites is 2. The van der Waals surface area contributed by atoms with Crippen molar-refractivity contribution in [3.05, 3.63) is 150 Å². The highest BCUT2D eigenvalue weighted by Gasteiger charge is 2.25. The highest BCUT2D eigenvalue weighted by Crippen LogP contribution is 2.44. The molecule has 0 radical (unpaired) electrons. The summed E-state index contributed by atoms with van der Waals surface area (Å²) in [6, 6.07) is 36.9. The molecule has 0 aliphatic heterocycles. The minimum absolute atomic E-state index is 0.847. The van der Waals surface area contributed by atoms with Gasteiger partial charge in [-0.3, -0.25) is 0 Å². The fourth-order valence-corrected chi connectivity index (χ4v) is 7.00. The van der Waals surface area contributed by atoms with E-state index >= 15 is 0 Å². The summed E-state index contributed by atoms with van der Waals surface area (Å²) < 4.78 is 14.9. The second-order valence-corrected chi connectivity index (χ2v) is 11.6. The monoisotopic (exact) mass is 583 g/mol. The third-order valence-corrected chi connectivity index (χ3v) is 9.05. The minimum Gasteiger partial charge on any atom is -0.496 e. The average molecular weight is 584 g/mol. The maximum absolute atomic E-state index is 6.51. The van der Waals surface area contributed by atoms with E-state index in [-0.39, 0.29) is 0 Å². The van der Waals surface area contributed by atoms with Crippen molar-refractivity contribution in [2.45, 2.75) is 19.8 Å². The lowest BCUT2D eigenvalue weighted by atomic mass is 9.88. The van der Waals surface area contributed by atoms with Crippen LogP contribution in [-0.2, 0) is 6.42 Å². The summed E-state index contributed by atoms with van der Waals surface area (Å²) in [6.07, 6.45) is 10.2. The zero-order valence-electron chi connectivity index (χ0n) is 25.5. The van der Waals surface area contributed by atoms with Crippen LogP contribution in [0.25, 0.3) is 67.3 Å². The molecule has 8 rings (SSSR count). The number of rotatable bonds is 6. The number of ether oxygens (including phenoxy) is 1. The van der Waals surface area contributed by atoms with Gasteiger partial charge in [0.25, 0.3) is 0 Å². The van der Waals surface area contributed by atoms with Crippen molar-refractivity contribution in [1.29, 1.82) is 0 Å². The van der Waals surface area contributed by atoms with Crippen molar-refractivity contribution in [1.82, 2.24) is 4.57 Å². The van der Waals surface area contributed by atoms with Gasteiger partial charge < -0.3 is 13.7 Å². The van der Waals surface area contributed by atoms with E-state index in [1.807, 2.05) is 13.0 Å². The van der Waals surface area contributed by atoms with Gasteiger partial charge in [-0.25, -0.2) is 0 Å². The van der Waals surface area contributed by atoms with Crippen molar-refractivity contribution in [2.24, 2.45) is 0 Å². The van der Waals surface area contributed by atoms with E-state index in [0.29, 0.717) is 0 Å². The molecule has 0 N–H and O–H groups in total. The Morgan fingerprint density at radius 2 is 1.51 bits per heavy atom. The minimum atomic E-state index is 0.847. The molecule has 1 aliphatic carbocycles. The predicted octanol–water partition coefficient (Wildman–Crippen LogP) is 11.3. The van der Waals surface area contributed by atoms with Gasteiger partial charge in [-0.15, -0.1) is 0 Å². The lowest BCUT2D eigenvalue weighted by Gasteiger charge is -2.19. The number of fused-ring (bicyclic) bond motifs is 6. The first-order chi connectivity index (χ1) is 22.2. The predicted molar refractivity (Wildman–Crippen MR) is 189 cm³/mol. The van der Waals surface area contributed by atoms with Crippen molar-refractivity contribution in [3.8, 4) is 22.6 Å². The molecule has 45 heavy (non-hydrogen) atoms. The Kier molecular flexibility index (Phi) is 6.53. The number of hydrogen-bond acceptors (Lipinski definition) is 2. The summed E-state index contributed by atoms with van der Waals surface area (Å²) in [5.41, 5.74) is 12.3. The highest BCUT2D eigenvalue weighted by atomic mass is 16.5. The molecule has 2 aromatic heterocycles. The van der Waals surface area contributed by atoms with E-state index in [1.165, 1.54) is 27.4 Å². The summed E-state index contributed by atoms with van der Waals surface area (Å²) in [4.78, 5) is 0. The molecular weight excluding hydrogens is 550 g/mol. The lowest BCUT2D eigenvalue weighted by molar-refractivity contribution is 0.413. The van der Waals surface area contributed by atoms with Gasteiger partial charge in [0, 0.05) is 39.4 Å². The molecule has 1 aliphatic rings. The molecule has 3 heteroatoms. The van der Waals surface area contributed by atoms with Crippen LogP contribution in [0, 0.1) is 0 Å². The molecule has 3 nitrogen and oxygen atoms in total. The number of allylic oxidation sites excluding steroid dienone is 2. The molecule has 0 fully saturated rings. The first-order valence-electron chi connectivity index (χ1n) is 15.5. The van der Waals surface area contributed by atoms with Crippen LogP contribution in [0.4, 0.5) is 0 Å². The first kappa shape index (κ1) is 27.0. The fraction of sp³-hybridized carbons (Fsp3) is 0.0952. The molecule has 0 unspecified atom stereocenters. The maximum atomic E-state index is 6.51. The van der Waals surface area contributed by atoms with E-state index in [0.717, 1.165) is 74.4 Å². The quantitative estimate of drug-likeness (QED) is 0.195. The van der Waals surface area contributed by atoms with Crippen LogP contribution in [0.2, 0.25) is 0 Å². The zero-order valence-corrected chi connectivity index (χ0v) is 25.5. The van der Waals surface area contributed by atoms with Crippen LogP contribution in [-0.4, -0.2) is 11.7 Å². The van der Waals surface area contributed by atoms with Gasteiger partial charge in [0.15, 0.2) is 0 Å². The fourth-order valence-electron chi connectivity index (χ4n) is 7.00. The first-order valence-corrected chi connectivity index (χ1v) is 15.5. The molecule has 2 heterocycles. The van der Waals surface area contributed by atoms with Crippen LogP contribution >= 0.6 is 0 Å². The number of benzene rings is 5. The molecule has 0 atom stereocenters. The molecule has 0 saturated heterocycles. The van der Waals surface area contributed by atoms with Gasteiger partial charge in [0.2, 0.25) is 0 Å². The van der Waals surface area contributed by atoms with Crippen LogP contribution in [0.3, 0.4) is 0 Å². The van der Waals surface area contributed by atoms with Gasteiger partial charge >= 0.3 is 0 Å². The van der Waals surface area contributed by atoms with Crippen LogP contribution in [0.15, 0.2) is 126 Å². The maximum Gasteiger partial charge on any atom is 0.134 e. The largest absolute Gasteiger partial charge is 0.496 e. The molecule has 0 spiro atoms. The average Bonchev–Trinajstić information content (AvgIpc) is 3.64. The van der Waals surface area contributed by atoms with Gasteiger partial charge in [-0.2, -0.15) is 0 Å². The van der Waals surface area contributed by atoms with Gasteiger partial charge in [0.05, 0.1) is 18.1 Å². The summed E-state index contributed by atoms with van der Waals surface area (Å²) in [7, 11) is 1.75. The Bertz CT molecular complexity index is 2290. The lowest BCUT2D eigenvalue weighted by Crippen LogP contribution is -2.02. The normalized spacial score (nSPS) is 13.1. The Balaban J connectivity index is 1.30. The van der Waals surface area contributed by atoms with E-state index in [9.17, 15) is 0 Å². The molecule has 0 bridgehead atoms. The SMILES string of the molecule is C=Cc1cc(-c2ccc3oc4c(c3c2)C(c2cc(-n3c5ccccc5c5ccccc53)ccc2OC)=CCC4)ccc1/C=C\C. The molecular formula is C42H33NO2. The summed E-state index contributed by atoms with van der Waals surface area (Å²) in [5, 5.41) is 3.61. The van der Waals surface area contributed by atoms with Gasteiger partial charge in [0.1, 0.15) is 17.1 Å². The van der Waals surface area contributed by atoms with Crippen molar-refractivity contribution in [3.63, 3.8) is 0 Å². The Morgan fingerprint density at radius 1 is 0.778 bits per heavy atom. The smallest absolute Gasteiger partial charge is 0.134 e. The number of methoxy groups -OCH3 is 1. The van der Waals surface area contributed by atoms with E-state index in [4.69, 9.17) is 9.15 Å². The molecule has 7 aromatic rings. The number of aryl methyl sites for hydroxylation is 1. The van der Waals surface area contributed by atoms with Crippen molar-refractivity contribution < 1.29 is 9.15 Å². The zero-order chi connectivity index (χ0) is 30.5. The van der Waals surface area contributed by atoms with Crippen LogP contribution in [0.5, 0.6) is 5.75 Å². The number of hydrogen-bond donors (Lipinski definition) is 0. The molecule has 0 saturated carbocycles. The Hall–Kier alpha value is -5.54. The Labute approximate surface area is 263 Å². The van der Waals surface area contributed by atoms with Crippen molar-refractivity contribution in [2.75, 3.05) is 7.11 Å². The van der Waals surface area contributed by atoms with Crippen LogP contribution < -0.4 is 4.74 Å². The standard InChI is InChI=1S/C42H33NO2/c1-4-11-28-18-19-29(24-27(28)5-2)30-20-22-40-36(25-30)42-34(14-10-17-41(42)45-40)35-26-31(21-23-39(35)44-3)43-37-15-8-6-12-32(37)33-13-7-9-16-38(33)43/h4-9,11-16,18-26H,2,10,17H2,1,3H3/b11-4-. The van der Waals surface area contributed by atoms with Crippen molar-refractivity contribution >= 4 is 50.5 Å². The Morgan fingerprint density at radius 3 is 2.24 bits per heavy atom. The summed E-state index contributed by atoms with van der Waals surface area (Å²) in [6.45, 7) is 6.09. The highest BCUT2D eigenvalue weighted by molar-refractivity contribution is 6.09. The van der Waals surface area contributed by atoms with E-state index < -0.39 is 0 Å². The number of furan rings is 1. The molecule has 0 amide bonds. The third-order valence-electron chi connectivity index (χ3n) is 9.05. The summed E-state index contributed by atoms with van der Waals surface area (Å²) in [5.74, 6) is 1.87. The number of aromatic nitrogens is 1. The third kappa shape index (κ3) is 4.35. The van der Waals surface area contributed by atoms with Gasteiger partial charge in [-0.05, 0) is 89.7 Å².